The molecule has 0 aromatic heterocycles. The normalized spacial score (nSPS) is 14.3. The van der Waals surface area contributed by atoms with E-state index in [2.05, 4.69) is 0 Å². The van der Waals surface area contributed by atoms with Crippen molar-refractivity contribution in [1.82, 2.24) is 0 Å². The molecule has 2 unspecified atom stereocenters. The van der Waals surface area contributed by atoms with E-state index in [4.69, 9.17) is 9.47 Å². The van der Waals surface area contributed by atoms with E-state index in [0.29, 0.717) is 11.1 Å². The summed E-state index contributed by atoms with van der Waals surface area (Å²) in [6.45, 7) is 5.50. The second-order valence-electron chi connectivity index (χ2n) is 5.81. The van der Waals surface area contributed by atoms with Crippen molar-refractivity contribution in [2.75, 3.05) is 0 Å². The van der Waals surface area contributed by atoms with Crippen LogP contribution in [0.4, 0.5) is 0 Å². The molecular formula is C20H22O4. The molecule has 0 aliphatic carbocycles. The maximum absolute atomic E-state index is 12.1. The fraction of sp³-hybridized carbons (Fsp3) is 0.300. The molecule has 0 N–H and O–H groups in total. The van der Waals surface area contributed by atoms with Gasteiger partial charge in [-0.1, -0.05) is 43.3 Å². The molecular weight excluding hydrogens is 304 g/mol. The third kappa shape index (κ3) is 4.69. The Morgan fingerprint density at radius 2 is 1.00 bits per heavy atom. The zero-order valence-corrected chi connectivity index (χ0v) is 14.1. The van der Waals surface area contributed by atoms with Gasteiger partial charge in [-0.15, -0.1) is 0 Å². The molecule has 0 spiro atoms. The van der Waals surface area contributed by atoms with Crippen LogP contribution >= 0.6 is 0 Å². The topological polar surface area (TPSA) is 52.6 Å². The maximum Gasteiger partial charge on any atom is 0.338 e. The number of hydrogen-bond donors (Lipinski definition) is 0. The molecule has 126 valence electrons. The standard InChI is InChI=1S/C20H22O4/c1-14(15(2)23-19(21)17-10-6-4-7-11-17)16(3)24-20(22)18-12-8-5-9-13-18/h4-16H,1-3H3. The van der Waals surface area contributed by atoms with Crippen LogP contribution in [0.1, 0.15) is 41.5 Å². The molecule has 0 heterocycles. The van der Waals surface area contributed by atoms with Crippen LogP contribution in [0.25, 0.3) is 0 Å². The minimum Gasteiger partial charge on any atom is -0.459 e. The van der Waals surface area contributed by atoms with Gasteiger partial charge in [-0.05, 0) is 38.1 Å². The molecule has 0 saturated carbocycles. The van der Waals surface area contributed by atoms with Crippen molar-refractivity contribution in [3.8, 4) is 0 Å². The average Bonchev–Trinajstić information content (AvgIpc) is 2.62. The predicted molar refractivity (Wildman–Crippen MR) is 91.8 cm³/mol. The van der Waals surface area contributed by atoms with E-state index in [9.17, 15) is 9.59 Å². The van der Waals surface area contributed by atoms with Gasteiger partial charge in [-0.25, -0.2) is 9.59 Å². The first-order valence-corrected chi connectivity index (χ1v) is 8.01. The number of rotatable bonds is 6. The first-order chi connectivity index (χ1) is 11.5. The van der Waals surface area contributed by atoms with Crippen LogP contribution in [0.3, 0.4) is 0 Å². The number of esters is 2. The zero-order chi connectivity index (χ0) is 17.5. The summed E-state index contributed by atoms with van der Waals surface area (Å²) in [6, 6.07) is 17.7. The van der Waals surface area contributed by atoms with Crippen molar-refractivity contribution in [3.05, 3.63) is 71.8 Å². The zero-order valence-electron chi connectivity index (χ0n) is 14.1. The number of carbonyl (C=O) groups excluding carboxylic acids is 2. The van der Waals surface area contributed by atoms with E-state index in [1.54, 1.807) is 62.4 Å². The van der Waals surface area contributed by atoms with Gasteiger partial charge in [0.15, 0.2) is 0 Å². The number of carbonyl (C=O) groups is 2. The van der Waals surface area contributed by atoms with E-state index < -0.39 is 0 Å². The highest BCUT2D eigenvalue weighted by Crippen LogP contribution is 2.18. The molecule has 4 nitrogen and oxygen atoms in total. The minimum absolute atomic E-state index is 0.134. The van der Waals surface area contributed by atoms with Gasteiger partial charge >= 0.3 is 11.9 Å². The molecule has 24 heavy (non-hydrogen) atoms. The summed E-state index contributed by atoms with van der Waals surface area (Å²) in [7, 11) is 0. The summed E-state index contributed by atoms with van der Waals surface area (Å²) < 4.78 is 11.0. The molecule has 0 bridgehead atoms. The lowest BCUT2D eigenvalue weighted by Gasteiger charge is -2.26. The lowest BCUT2D eigenvalue weighted by molar-refractivity contribution is -0.0174. The fourth-order valence-corrected chi connectivity index (χ4v) is 2.22. The Morgan fingerprint density at radius 1 is 0.667 bits per heavy atom. The average molecular weight is 326 g/mol. The second kappa shape index (κ2) is 8.29. The van der Waals surface area contributed by atoms with Gasteiger partial charge in [0.25, 0.3) is 0 Å². The van der Waals surface area contributed by atoms with Gasteiger partial charge in [0.2, 0.25) is 0 Å². The highest BCUT2D eigenvalue weighted by molar-refractivity contribution is 5.90. The smallest absolute Gasteiger partial charge is 0.338 e. The Morgan fingerprint density at radius 3 is 1.33 bits per heavy atom. The number of ether oxygens (including phenoxy) is 2. The summed E-state index contributed by atoms with van der Waals surface area (Å²) in [5.41, 5.74) is 1.01. The molecule has 2 aromatic carbocycles. The molecule has 0 saturated heterocycles. The fourth-order valence-electron chi connectivity index (χ4n) is 2.22. The minimum atomic E-state index is -0.378. The van der Waals surface area contributed by atoms with Crippen LogP contribution in [-0.4, -0.2) is 24.1 Å². The van der Waals surface area contributed by atoms with Crippen molar-refractivity contribution < 1.29 is 19.1 Å². The number of benzene rings is 2. The molecule has 2 atom stereocenters. The quantitative estimate of drug-likeness (QED) is 0.750. The van der Waals surface area contributed by atoms with E-state index >= 15 is 0 Å². The van der Waals surface area contributed by atoms with Gasteiger partial charge in [0.05, 0.1) is 11.1 Å². The highest BCUT2D eigenvalue weighted by Gasteiger charge is 2.26. The van der Waals surface area contributed by atoms with Gasteiger partial charge in [0.1, 0.15) is 12.2 Å². The van der Waals surface area contributed by atoms with Crippen molar-refractivity contribution in [3.63, 3.8) is 0 Å². The maximum atomic E-state index is 12.1. The first kappa shape index (κ1) is 17.7. The monoisotopic (exact) mass is 326 g/mol. The van der Waals surface area contributed by atoms with Gasteiger partial charge in [-0.3, -0.25) is 0 Å². The predicted octanol–water partition coefficient (Wildman–Crippen LogP) is 4.11. The van der Waals surface area contributed by atoms with Crippen molar-refractivity contribution in [1.29, 1.82) is 0 Å². The summed E-state index contributed by atoms with van der Waals surface area (Å²) in [5.74, 6) is -0.890. The first-order valence-electron chi connectivity index (χ1n) is 8.01. The molecule has 0 aliphatic rings. The summed E-state index contributed by atoms with van der Waals surface area (Å²) in [4.78, 5) is 24.2. The molecule has 0 aliphatic heterocycles. The summed E-state index contributed by atoms with van der Waals surface area (Å²) in [5, 5.41) is 0. The lowest BCUT2D eigenvalue weighted by Crippen LogP contribution is -2.32. The van der Waals surface area contributed by atoms with Crippen LogP contribution in [0.2, 0.25) is 0 Å². The SMILES string of the molecule is CC(OC(=O)c1ccccc1)C(C)C(C)OC(=O)c1ccccc1. The molecule has 2 aromatic rings. The van der Waals surface area contributed by atoms with E-state index in [0.717, 1.165) is 0 Å². The molecule has 4 heteroatoms. The van der Waals surface area contributed by atoms with Gasteiger partial charge in [0, 0.05) is 5.92 Å². The molecule has 0 amide bonds. The lowest BCUT2D eigenvalue weighted by atomic mass is 10.00. The Hall–Kier alpha value is -2.62. The van der Waals surface area contributed by atoms with E-state index in [1.807, 2.05) is 19.1 Å². The summed E-state index contributed by atoms with van der Waals surface area (Å²) in [6.07, 6.45) is -0.757. The Kier molecular flexibility index (Phi) is 6.13. The molecule has 0 radical (unpaired) electrons. The van der Waals surface area contributed by atoms with Gasteiger partial charge in [-0.2, -0.15) is 0 Å². The van der Waals surface area contributed by atoms with Crippen LogP contribution in [-0.2, 0) is 9.47 Å². The molecule has 2 rings (SSSR count). The highest BCUT2D eigenvalue weighted by atomic mass is 16.6. The van der Waals surface area contributed by atoms with E-state index in [-0.39, 0.29) is 30.1 Å². The Labute approximate surface area is 142 Å². The van der Waals surface area contributed by atoms with Crippen LogP contribution in [0.15, 0.2) is 60.7 Å². The third-order valence-corrected chi connectivity index (χ3v) is 4.09. The number of hydrogen-bond acceptors (Lipinski definition) is 4. The summed E-state index contributed by atoms with van der Waals surface area (Å²) >= 11 is 0. The Bertz CT molecular complexity index is 607. The third-order valence-electron chi connectivity index (χ3n) is 4.09. The van der Waals surface area contributed by atoms with Crippen molar-refractivity contribution >= 4 is 11.9 Å². The van der Waals surface area contributed by atoms with Crippen molar-refractivity contribution in [2.24, 2.45) is 5.92 Å². The van der Waals surface area contributed by atoms with Gasteiger partial charge < -0.3 is 9.47 Å². The molecule has 0 fully saturated rings. The van der Waals surface area contributed by atoms with Crippen LogP contribution in [0.5, 0.6) is 0 Å². The van der Waals surface area contributed by atoms with Crippen LogP contribution in [0, 0.1) is 5.92 Å². The Balaban J connectivity index is 1.91. The second-order valence-corrected chi connectivity index (χ2v) is 5.81. The van der Waals surface area contributed by atoms with Crippen molar-refractivity contribution in [2.45, 2.75) is 33.0 Å². The van der Waals surface area contributed by atoms with E-state index in [1.165, 1.54) is 0 Å². The van der Waals surface area contributed by atoms with Crippen LogP contribution < -0.4 is 0 Å². The largest absolute Gasteiger partial charge is 0.459 e.